The Bertz CT molecular complexity index is 305. The number of aliphatic hydroxyl groups excluding tert-OH is 2. The Morgan fingerprint density at radius 3 is 2.55 bits per heavy atom. The van der Waals surface area contributed by atoms with Crippen LogP contribution in [-0.4, -0.2) is 46.7 Å². The smallest absolute Gasteiger partial charge is 0.184 e. The molecule has 1 heterocycles. The fourth-order valence-corrected chi connectivity index (χ4v) is 2.22. The van der Waals surface area contributed by atoms with E-state index in [2.05, 4.69) is 0 Å². The van der Waals surface area contributed by atoms with Crippen LogP contribution >= 0.6 is 0 Å². The Hall–Kier alpha value is -0.490. The second-order valence-corrected chi connectivity index (χ2v) is 6.04. The second-order valence-electron chi connectivity index (χ2n) is 6.04. The third-order valence-electron chi connectivity index (χ3n) is 3.73. The summed E-state index contributed by atoms with van der Waals surface area (Å²) in [5.74, 6) is 0.347. The van der Waals surface area contributed by atoms with Crippen LogP contribution in [0.5, 0.6) is 0 Å². The molecule has 1 aliphatic heterocycles. The van der Waals surface area contributed by atoms with Crippen LogP contribution in [0.3, 0.4) is 0 Å². The Morgan fingerprint density at radius 1 is 1.30 bits per heavy atom. The maximum Gasteiger partial charge on any atom is 0.184 e. The summed E-state index contributed by atoms with van der Waals surface area (Å²) >= 11 is 0. The van der Waals surface area contributed by atoms with Crippen molar-refractivity contribution in [2.75, 3.05) is 0 Å². The topological polar surface area (TPSA) is 76.0 Å². The summed E-state index contributed by atoms with van der Waals surface area (Å²) in [7, 11) is 0. The number of hydrogen-bond donors (Lipinski definition) is 2. The first-order valence-corrected chi connectivity index (χ1v) is 7.51. The first-order valence-electron chi connectivity index (χ1n) is 7.51. The summed E-state index contributed by atoms with van der Waals surface area (Å²) < 4.78 is 11.1. The summed E-state index contributed by atoms with van der Waals surface area (Å²) in [5.41, 5.74) is 0. The molecule has 5 atom stereocenters. The van der Waals surface area contributed by atoms with Gasteiger partial charge < -0.3 is 19.7 Å². The molecule has 2 unspecified atom stereocenters. The van der Waals surface area contributed by atoms with Crippen molar-refractivity contribution in [3.05, 3.63) is 0 Å². The Morgan fingerprint density at radius 2 is 1.95 bits per heavy atom. The van der Waals surface area contributed by atoms with Gasteiger partial charge in [-0.3, -0.25) is 4.79 Å². The fraction of sp³-hybridized carbons (Fsp3) is 0.933. The zero-order chi connectivity index (χ0) is 15.3. The molecule has 0 aromatic carbocycles. The standard InChI is InChI=1S/C15H28O5/c1-9(2)12(16)7-5-6-10(3)19-15-14(18)8-13(17)11(4)20-15/h9-11,13-15,17-18H,5-8H2,1-4H3/t10-,11?,13-,14?,15-/m1/s1. The van der Waals surface area contributed by atoms with Crippen LogP contribution in [0.2, 0.25) is 0 Å². The average Bonchev–Trinajstić information content (AvgIpc) is 2.35. The van der Waals surface area contributed by atoms with Crippen molar-refractivity contribution in [2.24, 2.45) is 5.92 Å². The van der Waals surface area contributed by atoms with Gasteiger partial charge >= 0.3 is 0 Å². The number of ether oxygens (including phenoxy) is 2. The Balaban J connectivity index is 2.28. The van der Waals surface area contributed by atoms with E-state index in [0.29, 0.717) is 6.42 Å². The predicted molar refractivity (Wildman–Crippen MR) is 75.2 cm³/mol. The van der Waals surface area contributed by atoms with Gasteiger partial charge in [0.2, 0.25) is 0 Å². The van der Waals surface area contributed by atoms with Crippen LogP contribution in [0.1, 0.15) is 53.4 Å². The average molecular weight is 288 g/mol. The molecular weight excluding hydrogens is 260 g/mol. The quantitative estimate of drug-likeness (QED) is 0.745. The Kier molecular flexibility index (Phi) is 7.09. The van der Waals surface area contributed by atoms with Crippen molar-refractivity contribution in [3.8, 4) is 0 Å². The minimum absolute atomic E-state index is 0.0806. The van der Waals surface area contributed by atoms with E-state index >= 15 is 0 Å². The van der Waals surface area contributed by atoms with Crippen molar-refractivity contribution in [1.29, 1.82) is 0 Å². The fourth-order valence-electron chi connectivity index (χ4n) is 2.22. The molecule has 1 aliphatic rings. The molecule has 0 aliphatic carbocycles. The lowest BCUT2D eigenvalue weighted by molar-refractivity contribution is -0.273. The summed E-state index contributed by atoms with van der Waals surface area (Å²) in [4.78, 5) is 11.5. The van der Waals surface area contributed by atoms with Crippen LogP contribution < -0.4 is 0 Å². The van der Waals surface area contributed by atoms with E-state index < -0.39 is 18.5 Å². The molecule has 20 heavy (non-hydrogen) atoms. The minimum Gasteiger partial charge on any atom is -0.390 e. The maximum atomic E-state index is 11.5. The minimum atomic E-state index is -0.805. The highest BCUT2D eigenvalue weighted by Gasteiger charge is 2.35. The third kappa shape index (κ3) is 5.48. The molecule has 0 radical (unpaired) electrons. The van der Waals surface area contributed by atoms with Gasteiger partial charge in [0, 0.05) is 18.8 Å². The van der Waals surface area contributed by atoms with Gasteiger partial charge in [-0.1, -0.05) is 13.8 Å². The zero-order valence-electron chi connectivity index (χ0n) is 12.9. The van der Waals surface area contributed by atoms with E-state index in [-0.39, 0.29) is 30.3 Å². The summed E-state index contributed by atoms with van der Waals surface area (Å²) in [6.07, 6.45) is -0.204. The number of carbonyl (C=O) groups excluding carboxylic acids is 1. The van der Waals surface area contributed by atoms with Crippen molar-refractivity contribution >= 4 is 5.78 Å². The van der Waals surface area contributed by atoms with Gasteiger partial charge in [-0.15, -0.1) is 0 Å². The van der Waals surface area contributed by atoms with Gasteiger partial charge in [-0.25, -0.2) is 0 Å². The molecule has 0 spiro atoms. The van der Waals surface area contributed by atoms with Crippen LogP contribution in [0.25, 0.3) is 0 Å². The molecule has 0 bridgehead atoms. The molecule has 1 rings (SSSR count). The van der Waals surface area contributed by atoms with E-state index in [0.717, 1.165) is 12.8 Å². The Labute approximate surface area is 121 Å². The van der Waals surface area contributed by atoms with Crippen LogP contribution in [0.15, 0.2) is 0 Å². The number of carbonyl (C=O) groups is 1. The molecule has 5 heteroatoms. The van der Waals surface area contributed by atoms with Crippen molar-refractivity contribution < 1.29 is 24.5 Å². The highest BCUT2D eigenvalue weighted by molar-refractivity contribution is 5.80. The zero-order valence-corrected chi connectivity index (χ0v) is 12.9. The van der Waals surface area contributed by atoms with E-state index in [1.54, 1.807) is 6.92 Å². The first kappa shape index (κ1) is 17.6. The molecule has 0 amide bonds. The van der Waals surface area contributed by atoms with Crippen LogP contribution in [-0.2, 0) is 14.3 Å². The van der Waals surface area contributed by atoms with Crippen LogP contribution in [0.4, 0.5) is 0 Å². The summed E-state index contributed by atoms with van der Waals surface area (Å²) in [5, 5.41) is 19.4. The first-order chi connectivity index (χ1) is 9.31. The maximum absolute atomic E-state index is 11.5. The summed E-state index contributed by atoms with van der Waals surface area (Å²) in [6, 6.07) is 0. The van der Waals surface area contributed by atoms with Crippen LogP contribution in [0, 0.1) is 5.92 Å². The molecule has 118 valence electrons. The molecule has 1 fully saturated rings. The highest BCUT2D eigenvalue weighted by Crippen LogP contribution is 2.23. The largest absolute Gasteiger partial charge is 0.390 e. The predicted octanol–water partition coefficient (Wildman–Crippen LogP) is 1.64. The van der Waals surface area contributed by atoms with E-state index in [1.165, 1.54) is 0 Å². The molecule has 2 N–H and O–H groups in total. The molecule has 5 nitrogen and oxygen atoms in total. The number of hydrogen-bond acceptors (Lipinski definition) is 5. The number of aliphatic hydroxyl groups is 2. The summed E-state index contributed by atoms with van der Waals surface area (Å²) in [6.45, 7) is 7.48. The lowest BCUT2D eigenvalue weighted by atomic mass is 10.0. The third-order valence-corrected chi connectivity index (χ3v) is 3.73. The van der Waals surface area contributed by atoms with E-state index in [1.807, 2.05) is 20.8 Å². The van der Waals surface area contributed by atoms with Gasteiger partial charge in [0.15, 0.2) is 6.29 Å². The molecular formula is C15H28O5. The van der Waals surface area contributed by atoms with Gasteiger partial charge in [0.1, 0.15) is 11.9 Å². The molecule has 0 saturated carbocycles. The molecule has 0 aromatic rings. The van der Waals surface area contributed by atoms with Gasteiger partial charge in [0.25, 0.3) is 0 Å². The van der Waals surface area contributed by atoms with Crippen molar-refractivity contribution in [2.45, 2.75) is 84.1 Å². The van der Waals surface area contributed by atoms with Crippen molar-refractivity contribution in [1.82, 2.24) is 0 Å². The lowest BCUT2D eigenvalue weighted by Gasteiger charge is -2.36. The van der Waals surface area contributed by atoms with E-state index in [4.69, 9.17) is 9.47 Å². The highest BCUT2D eigenvalue weighted by atomic mass is 16.7. The number of rotatable bonds is 7. The van der Waals surface area contributed by atoms with Gasteiger partial charge in [0.05, 0.1) is 18.3 Å². The van der Waals surface area contributed by atoms with Crippen molar-refractivity contribution in [3.63, 3.8) is 0 Å². The monoisotopic (exact) mass is 288 g/mol. The lowest BCUT2D eigenvalue weighted by Crippen LogP contribution is -2.48. The SMILES string of the molecule is CC(C)C(=O)CCC[C@@H](C)O[C@@H]1OC(C)[C@H](O)CC1O. The normalized spacial score (nSPS) is 32.4. The molecule has 1 saturated heterocycles. The second kappa shape index (κ2) is 8.08. The molecule has 0 aromatic heterocycles. The van der Waals surface area contributed by atoms with E-state index in [9.17, 15) is 15.0 Å². The van der Waals surface area contributed by atoms with Gasteiger partial charge in [-0.2, -0.15) is 0 Å². The van der Waals surface area contributed by atoms with Gasteiger partial charge in [-0.05, 0) is 26.7 Å². The number of ketones is 1. The number of Topliss-reactive ketones (excluding diaryl/α,β-unsaturated/α-hetero) is 1.